The Morgan fingerprint density at radius 3 is 2.97 bits per heavy atom. The minimum Gasteiger partial charge on any atom is -0.321 e. The third kappa shape index (κ3) is 3.23. The number of aromatic amines is 1. The van der Waals surface area contributed by atoms with E-state index in [1.807, 2.05) is 12.1 Å². The Kier molecular flexibility index (Phi) is 4.52. The monoisotopic (exact) mass is 401 g/mol. The summed E-state index contributed by atoms with van der Waals surface area (Å²) in [5, 5.41) is 14.1. The fourth-order valence-corrected chi connectivity index (χ4v) is 3.98. The van der Waals surface area contributed by atoms with Gasteiger partial charge in [0.05, 0.1) is 5.52 Å². The Morgan fingerprint density at radius 1 is 1.20 bits per heavy atom. The van der Waals surface area contributed by atoms with Crippen LogP contribution >= 0.6 is 0 Å². The number of benzene rings is 2. The molecule has 1 amide bonds. The minimum absolute atomic E-state index is 0.244. The molecule has 150 valence electrons. The van der Waals surface area contributed by atoms with Crippen molar-refractivity contribution in [1.29, 1.82) is 0 Å². The van der Waals surface area contributed by atoms with Crippen LogP contribution in [-0.4, -0.2) is 27.6 Å². The molecule has 1 atom stereocenters. The Morgan fingerprint density at radius 2 is 2.10 bits per heavy atom. The second-order valence-corrected chi connectivity index (χ2v) is 7.47. The van der Waals surface area contributed by atoms with E-state index in [1.165, 1.54) is 17.3 Å². The molecule has 0 spiro atoms. The maximum absolute atomic E-state index is 14.1. The van der Waals surface area contributed by atoms with Crippen LogP contribution < -0.4 is 10.6 Å². The summed E-state index contributed by atoms with van der Waals surface area (Å²) < 4.78 is 14.1. The number of anilines is 1. The number of carbonyl (C=O) groups excluding carboxylic acids is 1. The third-order valence-corrected chi connectivity index (χ3v) is 5.56. The zero-order valence-electron chi connectivity index (χ0n) is 16.4. The van der Waals surface area contributed by atoms with Crippen molar-refractivity contribution in [2.24, 2.45) is 0 Å². The van der Waals surface area contributed by atoms with Gasteiger partial charge in [0.1, 0.15) is 0 Å². The number of aromatic nitrogens is 3. The number of amides is 1. The Bertz CT molecular complexity index is 1270. The molecule has 5 rings (SSSR count). The van der Waals surface area contributed by atoms with Crippen molar-refractivity contribution in [2.75, 3.05) is 11.9 Å². The quantitative estimate of drug-likeness (QED) is 0.449. The number of nitrogens with zero attached hydrogens (tertiary/aromatic N) is 2. The lowest BCUT2D eigenvalue weighted by molar-refractivity contribution is 0.102. The van der Waals surface area contributed by atoms with Crippen molar-refractivity contribution < 1.29 is 9.18 Å². The van der Waals surface area contributed by atoms with Crippen LogP contribution in [-0.2, 0) is 6.42 Å². The molecule has 1 unspecified atom stereocenters. The molecule has 3 N–H and O–H groups in total. The molecule has 4 aromatic rings. The Balaban J connectivity index is 1.47. The normalized spacial score (nSPS) is 15.7. The summed E-state index contributed by atoms with van der Waals surface area (Å²) in [6.45, 7) is 3.07. The number of nitrogens with one attached hydrogen (secondary N) is 3. The van der Waals surface area contributed by atoms with Gasteiger partial charge in [-0.3, -0.25) is 9.89 Å². The van der Waals surface area contributed by atoms with E-state index in [0.29, 0.717) is 22.0 Å². The number of hydrogen-bond acceptors (Lipinski definition) is 4. The van der Waals surface area contributed by atoms with E-state index in [2.05, 4.69) is 38.8 Å². The van der Waals surface area contributed by atoms with E-state index in [1.54, 1.807) is 30.3 Å². The molecule has 3 heterocycles. The van der Waals surface area contributed by atoms with Gasteiger partial charge < -0.3 is 10.6 Å². The Labute approximate surface area is 172 Å². The standard InChI is InChI=1S/C23H20FN5O/c1-13-18-12-16(6-4-14(18)8-10-25-13)27-23(30)21-19-11-15(5-7-20(19)28-29-21)17-3-2-9-26-22(17)24/h2-7,9,11-13,25H,8,10H2,1H3,(H,27,30)(H,28,29). The van der Waals surface area contributed by atoms with Crippen LogP contribution in [0.25, 0.3) is 22.0 Å². The first-order chi connectivity index (χ1) is 14.6. The molecular formula is C23H20FN5O. The van der Waals surface area contributed by atoms with E-state index in [-0.39, 0.29) is 17.6 Å². The number of carbonyl (C=O) groups is 1. The lowest BCUT2D eigenvalue weighted by Gasteiger charge is -2.24. The number of H-pyrrole nitrogens is 1. The lowest BCUT2D eigenvalue weighted by atomic mass is 9.95. The molecule has 0 radical (unpaired) electrons. The van der Waals surface area contributed by atoms with Gasteiger partial charge >= 0.3 is 0 Å². The van der Waals surface area contributed by atoms with Crippen LogP contribution in [0.3, 0.4) is 0 Å². The highest BCUT2D eigenvalue weighted by Gasteiger charge is 2.19. The van der Waals surface area contributed by atoms with Gasteiger partial charge in [0.2, 0.25) is 5.95 Å². The van der Waals surface area contributed by atoms with Crippen LogP contribution in [0.15, 0.2) is 54.7 Å². The fraction of sp³-hybridized carbons (Fsp3) is 0.174. The van der Waals surface area contributed by atoms with Gasteiger partial charge in [0, 0.05) is 28.9 Å². The van der Waals surface area contributed by atoms with Crippen LogP contribution in [0.1, 0.15) is 34.6 Å². The molecule has 0 fully saturated rings. The topological polar surface area (TPSA) is 82.7 Å². The minimum atomic E-state index is -0.553. The van der Waals surface area contributed by atoms with Gasteiger partial charge in [-0.2, -0.15) is 9.49 Å². The second-order valence-electron chi connectivity index (χ2n) is 7.47. The first kappa shape index (κ1) is 18.4. The number of hydrogen-bond donors (Lipinski definition) is 3. The van der Waals surface area contributed by atoms with Crippen molar-refractivity contribution >= 4 is 22.5 Å². The highest BCUT2D eigenvalue weighted by atomic mass is 19.1. The van der Waals surface area contributed by atoms with E-state index in [4.69, 9.17) is 0 Å². The molecule has 0 aliphatic carbocycles. The summed E-state index contributed by atoms with van der Waals surface area (Å²) in [6, 6.07) is 14.9. The number of halogens is 1. The van der Waals surface area contributed by atoms with Gasteiger partial charge in [0.25, 0.3) is 5.91 Å². The summed E-state index contributed by atoms with van der Waals surface area (Å²) >= 11 is 0. The summed E-state index contributed by atoms with van der Waals surface area (Å²) in [7, 11) is 0. The molecule has 6 nitrogen and oxygen atoms in total. The average molecular weight is 401 g/mol. The van der Waals surface area contributed by atoms with Gasteiger partial charge in [0.15, 0.2) is 5.69 Å². The van der Waals surface area contributed by atoms with Crippen molar-refractivity contribution in [2.45, 2.75) is 19.4 Å². The van der Waals surface area contributed by atoms with E-state index >= 15 is 0 Å². The third-order valence-electron chi connectivity index (χ3n) is 5.56. The van der Waals surface area contributed by atoms with Crippen molar-refractivity contribution in [3.05, 3.63) is 77.5 Å². The molecule has 2 aromatic carbocycles. The molecule has 0 saturated carbocycles. The molecule has 2 aromatic heterocycles. The van der Waals surface area contributed by atoms with Crippen molar-refractivity contribution in [3.63, 3.8) is 0 Å². The van der Waals surface area contributed by atoms with Crippen LogP contribution in [0.5, 0.6) is 0 Å². The first-order valence-electron chi connectivity index (χ1n) is 9.87. The lowest BCUT2D eigenvalue weighted by Crippen LogP contribution is -2.27. The second kappa shape index (κ2) is 7.35. The fourth-order valence-electron chi connectivity index (χ4n) is 3.98. The zero-order chi connectivity index (χ0) is 20.7. The predicted molar refractivity (Wildman–Crippen MR) is 114 cm³/mol. The van der Waals surface area contributed by atoms with Crippen LogP contribution in [0, 0.1) is 5.95 Å². The molecule has 30 heavy (non-hydrogen) atoms. The van der Waals surface area contributed by atoms with E-state index in [0.717, 1.165) is 18.7 Å². The molecule has 7 heteroatoms. The van der Waals surface area contributed by atoms with Gasteiger partial charge in [-0.25, -0.2) is 4.98 Å². The summed E-state index contributed by atoms with van der Waals surface area (Å²) in [5.74, 6) is -0.871. The van der Waals surface area contributed by atoms with E-state index < -0.39 is 5.95 Å². The number of rotatable bonds is 3. The van der Waals surface area contributed by atoms with Crippen LogP contribution in [0.4, 0.5) is 10.1 Å². The highest BCUT2D eigenvalue weighted by Crippen LogP contribution is 2.28. The van der Waals surface area contributed by atoms with Crippen molar-refractivity contribution in [3.8, 4) is 11.1 Å². The first-order valence-corrected chi connectivity index (χ1v) is 9.87. The van der Waals surface area contributed by atoms with Crippen LogP contribution in [0.2, 0.25) is 0 Å². The predicted octanol–water partition coefficient (Wildman–Crippen LogP) is 4.22. The van der Waals surface area contributed by atoms with Gasteiger partial charge in [-0.05, 0) is 73.0 Å². The Hall–Kier alpha value is -3.58. The maximum Gasteiger partial charge on any atom is 0.276 e. The maximum atomic E-state index is 14.1. The average Bonchev–Trinajstić information content (AvgIpc) is 3.18. The van der Waals surface area contributed by atoms with Gasteiger partial charge in [-0.15, -0.1) is 0 Å². The summed E-state index contributed by atoms with van der Waals surface area (Å²) in [6.07, 6.45) is 2.38. The number of fused-ring (bicyclic) bond motifs is 2. The SMILES string of the molecule is CC1NCCc2ccc(NC(=O)c3n[nH]c4ccc(-c5cccnc5F)cc34)cc21. The van der Waals surface area contributed by atoms with Gasteiger partial charge in [-0.1, -0.05) is 12.1 Å². The molecular weight excluding hydrogens is 381 g/mol. The molecule has 1 aliphatic heterocycles. The largest absolute Gasteiger partial charge is 0.321 e. The molecule has 0 saturated heterocycles. The summed E-state index contributed by atoms with van der Waals surface area (Å²) in [5.41, 5.74) is 5.20. The summed E-state index contributed by atoms with van der Waals surface area (Å²) in [4.78, 5) is 16.7. The molecule has 0 bridgehead atoms. The molecule has 1 aliphatic rings. The zero-order valence-corrected chi connectivity index (χ0v) is 16.4. The van der Waals surface area contributed by atoms with Crippen molar-refractivity contribution in [1.82, 2.24) is 20.5 Å². The highest BCUT2D eigenvalue weighted by molar-refractivity contribution is 6.11. The van der Waals surface area contributed by atoms with E-state index in [9.17, 15) is 9.18 Å². The smallest absolute Gasteiger partial charge is 0.276 e. The number of pyridine rings is 1.